The van der Waals surface area contributed by atoms with Crippen LogP contribution in [0.25, 0.3) is 11.1 Å². The monoisotopic (exact) mass is 280 g/mol. The summed E-state index contributed by atoms with van der Waals surface area (Å²) in [6.45, 7) is 3.97. The summed E-state index contributed by atoms with van der Waals surface area (Å²) in [5.74, 6) is -0.873. The molecule has 0 aliphatic carbocycles. The van der Waals surface area contributed by atoms with Gasteiger partial charge in [0.15, 0.2) is 0 Å². The lowest BCUT2D eigenvalue weighted by Crippen LogP contribution is -1.92. The Morgan fingerprint density at radius 1 is 1.10 bits per heavy atom. The number of aryl methyl sites for hydroxylation is 2. The van der Waals surface area contributed by atoms with Gasteiger partial charge in [0.25, 0.3) is 0 Å². The zero-order valence-electron chi connectivity index (χ0n) is 12.5. The summed E-state index contributed by atoms with van der Waals surface area (Å²) in [5, 5.41) is 8.69. The standard InChI is InChI=1S/C19H20O2/c1-14(13-19(20)21)7-8-16-9-11-17(12-10-16)18-6-4-3-5-15(18)2/h3-6,9-13H,7-8H2,1-2H3,(H,20,21)/b14-13+. The van der Waals surface area contributed by atoms with E-state index >= 15 is 0 Å². The molecule has 2 heteroatoms. The van der Waals surface area contributed by atoms with Crippen LogP contribution in [0.15, 0.2) is 60.2 Å². The smallest absolute Gasteiger partial charge is 0.328 e. The van der Waals surface area contributed by atoms with Crippen molar-refractivity contribution in [2.24, 2.45) is 0 Å². The van der Waals surface area contributed by atoms with E-state index in [1.807, 2.05) is 13.0 Å². The van der Waals surface area contributed by atoms with Gasteiger partial charge in [0.2, 0.25) is 0 Å². The average molecular weight is 280 g/mol. The number of carboxylic acid groups (broad SMARTS) is 1. The Kier molecular flexibility index (Phi) is 4.94. The van der Waals surface area contributed by atoms with Crippen molar-refractivity contribution in [2.45, 2.75) is 26.7 Å². The van der Waals surface area contributed by atoms with Gasteiger partial charge in [-0.25, -0.2) is 4.79 Å². The predicted octanol–water partition coefficient (Wildman–Crippen LogP) is 4.63. The second-order valence-corrected chi connectivity index (χ2v) is 5.34. The van der Waals surface area contributed by atoms with E-state index < -0.39 is 5.97 Å². The molecule has 0 saturated heterocycles. The molecule has 108 valence electrons. The molecule has 0 aliphatic rings. The van der Waals surface area contributed by atoms with E-state index in [1.165, 1.54) is 28.3 Å². The molecule has 0 aliphatic heterocycles. The maximum absolute atomic E-state index is 10.6. The Labute approximate surface area is 125 Å². The highest BCUT2D eigenvalue weighted by Gasteiger charge is 2.02. The Hall–Kier alpha value is -2.35. The van der Waals surface area contributed by atoms with Gasteiger partial charge in [0.05, 0.1) is 0 Å². The number of allylic oxidation sites excluding steroid dienone is 1. The molecular formula is C19H20O2. The molecule has 2 aromatic carbocycles. The largest absolute Gasteiger partial charge is 0.478 e. The van der Waals surface area contributed by atoms with Gasteiger partial charge in [0, 0.05) is 6.08 Å². The number of hydrogen-bond donors (Lipinski definition) is 1. The summed E-state index contributed by atoms with van der Waals surface area (Å²) >= 11 is 0. The minimum Gasteiger partial charge on any atom is -0.478 e. The number of rotatable bonds is 5. The van der Waals surface area contributed by atoms with Crippen molar-refractivity contribution in [2.75, 3.05) is 0 Å². The molecule has 21 heavy (non-hydrogen) atoms. The van der Waals surface area contributed by atoms with E-state index in [1.54, 1.807) is 0 Å². The molecule has 0 amide bonds. The number of benzene rings is 2. The highest BCUT2D eigenvalue weighted by Crippen LogP contribution is 2.23. The van der Waals surface area contributed by atoms with Crippen molar-refractivity contribution in [1.82, 2.24) is 0 Å². The molecule has 0 atom stereocenters. The fourth-order valence-electron chi connectivity index (χ4n) is 2.37. The van der Waals surface area contributed by atoms with Crippen LogP contribution in [0.1, 0.15) is 24.5 Å². The van der Waals surface area contributed by atoms with Crippen molar-refractivity contribution in [3.63, 3.8) is 0 Å². The summed E-state index contributed by atoms with van der Waals surface area (Å²) in [6.07, 6.45) is 2.92. The van der Waals surface area contributed by atoms with Crippen molar-refractivity contribution in [3.05, 3.63) is 71.3 Å². The van der Waals surface area contributed by atoms with Crippen molar-refractivity contribution in [1.29, 1.82) is 0 Å². The normalized spacial score (nSPS) is 11.4. The number of hydrogen-bond acceptors (Lipinski definition) is 1. The molecular weight excluding hydrogens is 260 g/mol. The van der Waals surface area contributed by atoms with E-state index in [2.05, 4.69) is 49.4 Å². The molecule has 0 heterocycles. The first-order valence-electron chi connectivity index (χ1n) is 7.11. The highest BCUT2D eigenvalue weighted by atomic mass is 16.4. The van der Waals surface area contributed by atoms with Crippen molar-refractivity contribution < 1.29 is 9.90 Å². The molecule has 0 bridgehead atoms. The molecule has 2 rings (SSSR count). The molecule has 2 aromatic rings. The van der Waals surface area contributed by atoms with Crippen LogP contribution in [0.4, 0.5) is 0 Å². The fraction of sp³-hybridized carbons (Fsp3) is 0.211. The third-order valence-electron chi connectivity index (χ3n) is 3.59. The molecule has 1 N–H and O–H groups in total. The molecule has 0 unspecified atom stereocenters. The maximum atomic E-state index is 10.6. The van der Waals surface area contributed by atoms with Gasteiger partial charge in [-0.3, -0.25) is 0 Å². The Morgan fingerprint density at radius 2 is 1.76 bits per heavy atom. The molecule has 0 spiro atoms. The zero-order valence-corrected chi connectivity index (χ0v) is 12.5. The fourth-order valence-corrected chi connectivity index (χ4v) is 2.37. The summed E-state index contributed by atoms with van der Waals surface area (Å²) < 4.78 is 0. The van der Waals surface area contributed by atoms with Gasteiger partial charge in [-0.05, 0) is 48.9 Å². The van der Waals surface area contributed by atoms with Gasteiger partial charge >= 0.3 is 5.97 Å². The van der Waals surface area contributed by atoms with Crippen LogP contribution < -0.4 is 0 Å². The van der Waals surface area contributed by atoms with Crippen molar-refractivity contribution in [3.8, 4) is 11.1 Å². The molecule has 0 aromatic heterocycles. The second kappa shape index (κ2) is 6.89. The Balaban J connectivity index is 2.06. The Bertz CT molecular complexity index is 652. The van der Waals surface area contributed by atoms with Crippen LogP contribution in [0, 0.1) is 6.92 Å². The molecule has 0 radical (unpaired) electrons. The first-order valence-corrected chi connectivity index (χ1v) is 7.11. The lowest BCUT2D eigenvalue weighted by Gasteiger charge is -2.07. The summed E-state index contributed by atoms with van der Waals surface area (Å²) in [4.78, 5) is 10.6. The first-order chi connectivity index (χ1) is 10.1. The average Bonchev–Trinajstić information content (AvgIpc) is 2.46. The number of carboxylic acids is 1. The van der Waals surface area contributed by atoms with Gasteiger partial charge in [-0.15, -0.1) is 0 Å². The van der Waals surface area contributed by atoms with Crippen LogP contribution >= 0.6 is 0 Å². The number of carbonyl (C=O) groups is 1. The summed E-state index contributed by atoms with van der Waals surface area (Å²) in [6, 6.07) is 16.8. The molecule has 2 nitrogen and oxygen atoms in total. The second-order valence-electron chi connectivity index (χ2n) is 5.34. The lowest BCUT2D eigenvalue weighted by molar-refractivity contribution is -0.131. The van der Waals surface area contributed by atoms with E-state index in [9.17, 15) is 4.79 Å². The van der Waals surface area contributed by atoms with Crippen molar-refractivity contribution >= 4 is 5.97 Å². The van der Waals surface area contributed by atoms with Crippen LogP contribution in [-0.4, -0.2) is 11.1 Å². The van der Waals surface area contributed by atoms with Gasteiger partial charge in [-0.2, -0.15) is 0 Å². The van der Waals surface area contributed by atoms with E-state index in [4.69, 9.17) is 5.11 Å². The SMILES string of the molecule is C/C(=C\C(=O)O)CCc1ccc(-c2ccccc2C)cc1. The summed E-state index contributed by atoms with van der Waals surface area (Å²) in [5.41, 5.74) is 5.86. The van der Waals surface area contributed by atoms with E-state index in [0.29, 0.717) is 0 Å². The lowest BCUT2D eigenvalue weighted by atomic mass is 9.98. The number of aliphatic carboxylic acids is 1. The third-order valence-corrected chi connectivity index (χ3v) is 3.59. The van der Waals surface area contributed by atoms with E-state index in [0.717, 1.165) is 18.4 Å². The highest BCUT2D eigenvalue weighted by molar-refractivity contribution is 5.80. The van der Waals surface area contributed by atoms with Crippen LogP contribution in [0.3, 0.4) is 0 Å². The minimum atomic E-state index is -0.873. The van der Waals surface area contributed by atoms with Gasteiger partial charge in [0.1, 0.15) is 0 Å². The first kappa shape index (κ1) is 15.0. The topological polar surface area (TPSA) is 37.3 Å². The van der Waals surface area contributed by atoms with Crippen LogP contribution in [0.5, 0.6) is 0 Å². The summed E-state index contributed by atoms with van der Waals surface area (Å²) in [7, 11) is 0. The molecule has 0 saturated carbocycles. The predicted molar refractivity (Wildman–Crippen MR) is 86.3 cm³/mol. The minimum absolute atomic E-state index is 0.774. The van der Waals surface area contributed by atoms with Crippen LogP contribution in [0.2, 0.25) is 0 Å². The van der Waals surface area contributed by atoms with Gasteiger partial charge < -0.3 is 5.11 Å². The van der Waals surface area contributed by atoms with Gasteiger partial charge in [-0.1, -0.05) is 54.1 Å². The molecule has 0 fully saturated rings. The third kappa shape index (κ3) is 4.32. The quantitative estimate of drug-likeness (QED) is 0.811. The maximum Gasteiger partial charge on any atom is 0.328 e. The Morgan fingerprint density at radius 3 is 2.38 bits per heavy atom. The van der Waals surface area contributed by atoms with E-state index in [-0.39, 0.29) is 0 Å². The zero-order chi connectivity index (χ0) is 15.2. The van der Waals surface area contributed by atoms with Crippen LogP contribution in [-0.2, 0) is 11.2 Å².